The number of aromatic amines is 1. The summed E-state index contributed by atoms with van der Waals surface area (Å²) in [4.78, 5) is 37.1. The van der Waals surface area contributed by atoms with Crippen molar-refractivity contribution in [3.63, 3.8) is 0 Å². The smallest absolute Gasteiger partial charge is 0.407 e. The zero-order valence-corrected chi connectivity index (χ0v) is 13.9. The van der Waals surface area contributed by atoms with Gasteiger partial charge < -0.3 is 25.3 Å². The molecule has 4 N–H and O–H groups in total. The number of aryl methyl sites for hydroxylation is 1. The number of carbonyl (C=O) groups excluding carboxylic acids is 3. The molecule has 0 spiro atoms. The molecule has 9 heteroatoms. The summed E-state index contributed by atoms with van der Waals surface area (Å²) < 4.78 is 5.03. The number of hydrogen-bond donors (Lipinski definition) is 4. The van der Waals surface area contributed by atoms with Crippen molar-refractivity contribution >= 4 is 18.7 Å². The molecule has 0 fully saturated rings. The maximum Gasteiger partial charge on any atom is 0.407 e. The van der Waals surface area contributed by atoms with Gasteiger partial charge in [0, 0.05) is 17.4 Å². The van der Waals surface area contributed by atoms with Crippen LogP contribution in [-0.2, 0) is 20.7 Å². The molecule has 0 bridgehead atoms. The third-order valence-electron chi connectivity index (χ3n) is 2.34. The van der Waals surface area contributed by atoms with Crippen molar-refractivity contribution in [2.24, 2.45) is 0 Å². The Balaban J connectivity index is 0.000000561. The predicted molar refractivity (Wildman–Crippen MR) is 85.6 cm³/mol. The first kappa shape index (κ1) is 21.2. The third-order valence-corrected chi connectivity index (χ3v) is 2.34. The number of ether oxygens (including phenoxy) is 1. The van der Waals surface area contributed by atoms with Gasteiger partial charge in [0.2, 0.25) is 11.5 Å². The number of alkyl carbamates (subject to hydrolysis) is 1. The van der Waals surface area contributed by atoms with Crippen LogP contribution < -0.4 is 5.32 Å². The highest BCUT2D eigenvalue weighted by Crippen LogP contribution is 2.00. The summed E-state index contributed by atoms with van der Waals surface area (Å²) in [6.45, 7) is 6.16. The van der Waals surface area contributed by atoms with E-state index in [4.69, 9.17) is 14.9 Å². The van der Waals surface area contributed by atoms with Crippen LogP contribution in [0, 0.1) is 0 Å². The number of allylic oxidation sites excluding steroid dienone is 2. The molecule has 1 aromatic rings. The number of imidazole rings is 1. The fraction of sp³-hybridized carbons (Fsp3) is 0.467. The van der Waals surface area contributed by atoms with Crippen LogP contribution in [0.1, 0.15) is 32.9 Å². The van der Waals surface area contributed by atoms with Crippen LogP contribution in [0.15, 0.2) is 24.0 Å². The molecule has 0 aliphatic heterocycles. The second-order valence-corrected chi connectivity index (χ2v) is 5.70. The number of nitrogens with one attached hydrogen (secondary N) is 2. The molecule has 1 rings (SSSR count). The van der Waals surface area contributed by atoms with Gasteiger partial charge in [-0.3, -0.25) is 9.59 Å². The Hall–Kier alpha value is -2.84. The normalized spacial score (nSPS) is 11.5. The molecule has 1 amide bonds. The van der Waals surface area contributed by atoms with Crippen LogP contribution in [0.5, 0.6) is 0 Å². The average molecular weight is 341 g/mol. The van der Waals surface area contributed by atoms with E-state index < -0.39 is 11.5 Å². The van der Waals surface area contributed by atoms with E-state index in [1.54, 1.807) is 12.5 Å². The van der Waals surface area contributed by atoms with E-state index in [2.05, 4.69) is 15.3 Å². The number of aldehydes is 2. The lowest BCUT2D eigenvalue weighted by molar-refractivity contribution is -0.110. The molecule has 0 unspecified atom stereocenters. The fourth-order valence-electron chi connectivity index (χ4n) is 1.31. The zero-order valence-electron chi connectivity index (χ0n) is 13.9. The maximum absolute atomic E-state index is 11.3. The van der Waals surface area contributed by atoms with E-state index in [1.807, 2.05) is 20.8 Å². The SMILES string of the molecule is CC(C)(C)NC(=O)OCCCc1cnc[nH]1.O=CC(O)=C(O)C=O. The first-order valence-electron chi connectivity index (χ1n) is 7.14. The van der Waals surface area contributed by atoms with E-state index in [0.29, 0.717) is 6.61 Å². The molecule has 134 valence electrons. The molecule has 0 aliphatic rings. The first-order chi connectivity index (χ1) is 11.2. The monoisotopic (exact) mass is 341 g/mol. The number of rotatable bonds is 6. The van der Waals surface area contributed by atoms with Crippen LogP contribution in [0.3, 0.4) is 0 Å². The molecular formula is C15H23N3O6. The molecule has 1 heterocycles. The molecule has 0 aliphatic carbocycles. The zero-order chi connectivity index (χ0) is 18.6. The van der Waals surface area contributed by atoms with E-state index >= 15 is 0 Å². The average Bonchev–Trinajstić information content (AvgIpc) is 3.02. The molecule has 0 atom stereocenters. The summed E-state index contributed by atoms with van der Waals surface area (Å²) in [7, 11) is 0. The van der Waals surface area contributed by atoms with Crippen LogP contribution >= 0.6 is 0 Å². The molecular weight excluding hydrogens is 318 g/mol. The topological polar surface area (TPSA) is 142 Å². The van der Waals surface area contributed by atoms with Crippen molar-refractivity contribution in [3.8, 4) is 0 Å². The second kappa shape index (κ2) is 10.8. The molecule has 0 saturated carbocycles. The Bertz CT molecular complexity index is 530. The standard InChI is InChI=1S/C11H19N3O2.C4H4O4/c1-11(2,3)14-10(15)16-6-4-5-9-7-12-8-13-9;5-1-3(7)4(8)2-6/h7-8H,4-6H2,1-3H3,(H,12,13)(H,14,15);1-2,7-8H. The Kier molecular flexibility index (Phi) is 9.53. The lowest BCUT2D eigenvalue weighted by Gasteiger charge is -2.19. The van der Waals surface area contributed by atoms with E-state index in [9.17, 15) is 14.4 Å². The minimum atomic E-state index is -0.944. The number of aliphatic hydroxyl groups excluding tert-OH is 2. The van der Waals surface area contributed by atoms with Gasteiger partial charge in [-0.25, -0.2) is 9.78 Å². The van der Waals surface area contributed by atoms with Crippen molar-refractivity contribution in [2.75, 3.05) is 6.61 Å². The van der Waals surface area contributed by atoms with Crippen LogP contribution in [0.2, 0.25) is 0 Å². The highest BCUT2D eigenvalue weighted by Gasteiger charge is 2.14. The highest BCUT2D eigenvalue weighted by atomic mass is 16.5. The summed E-state index contributed by atoms with van der Waals surface area (Å²) in [5, 5.41) is 19.0. The van der Waals surface area contributed by atoms with Crippen molar-refractivity contribution in [1.29, 1.82) is 0 Å². The van der Waals surface area contributed by atoms with Gasteiger partial charge >= 0.3 is 6.09 Å². The van der Waals surface area contributed by atoms with Crippen molar-refractivity contribution in [2.45, 2.75) is 39.2 Å². The van der Waals surface area contributed by atoms with Gasteiger partial charge in [-0.2, -0.15) is 0 Å². The third kappa shape index (κ3) is 10.8. The fourth-order valence-corrected chi connectivity index (χ4v) is 1.31. The number of aromatic nitrogens is 2. The molecule has 0 aromatic carbocycles. The van der Waals surface area contributed by atoms with Crippen molar-refractivity contribution in [1.82, 2.24) is 15.3 Å². The number of aliphatic hydroxyl groups is 2. The van der Waals surface area contributed by atoms with Crippen LogP contribution in [0.25, 0.3) is 0 Å². The van der Waals surface area contributed by atoms with E-state index in [0.717, 1.165) is 18.5 Å². The first-order valence-corrected chi connectivity index (χ1v) is 7.14. The van der Waals surface area contributed by atoms with E-state index in [1.165, 1.54) is 0 Å². The van der Waals surface area contributed by atoms with Gasteiger partial charge in [-0.05, 0) is 33.6 Å². The lowest BCUT2D eigenvalue weighted by atomic mass is 10.1. The molecule has 1 aromatic heterocycles. The van der Waals surface area contributed by atoms with E-state index in [-0.39, 0.29) is 24.2 Å². The van der Waals surface area contributed by atoms with Gasteiger partial charge in [0.05, 0.1) is 12.9 Å². The van der Waals surface area contributed by atoms with Crippen LogP contribution in [-0.4, -0.2) is 51.0 Å². The molecule has 24 heavy (non-hydrogen) atoms. The summed E-state index contributed by atoms with van der Waals surface area (Å²) in [6, 6.07) is 0. The van der Waals surface area contributed by atoms with Gasteiger partial charge in [0.1, 0.15) is 0 Å². The number of amides is 1. The minimum absolute atomic E-state index is 0.0241. The van der Waals surface area contributed by atoms with Crippen LogP contribution in [0.4, 0.5) is 4.79 Å². The quantitative estimate of drug-likeness (QED) is 0.266. The summed E-state index contributed by atoms with van der Waals surface area (Å²) in [5.41, 5.74) is 0.806. The Labute approximate surface area is 139 Å². The minimum Gasteiger partial charge on any atom is -0.502 e. The number of H-pyrrole nitrogens is 1. The summed E-state index contributed by atoms with van der Waals surface area (Å²) >= 11 is 0. The molecule has 9 nitrogen and oxygen atoms in total. The number of nitrogens with zero attached hydrogens (tertiary/aromatic N) is 1. The van der Waals surface area contributed by atoms with Gasteiger partial charge in [0.15, 0.2) is 12.6 Å². The maximum atomic E-state index is 11.3. The van der Waals surface area contributed by atoms with Gasteiger partial charge in [-0.1, -0.05) is 0 Å². The summed E-state index contributed by atoms with van der Waals surface area (Å²) in [6.07, 6.45) is 4.63. The molecule has 0 radical (unpaired) electrons. The Morgan fingerprint density at radius 1 is 1.29 bits per heavy atom. The number of hydrogen-bond acceptors (Lipinski definition) is 7. The lowest BCUT2D eigenvalue weighted by Crippen LogP contribution is -2.41. The Morgan fingerprint density at radius 3 is 2.29 bits per heavy atom. The predicted octanol–water partition coefficient (Wildman–Crippen LogP) is 1.58. The largest absolute Gasteiger partial charge is 0.502 e. The highest BCUT2D eigenvalue weighted by molar-refractivity contribution is 5.81. The summed E-state index contributed by atoms with van der Waals surface area (Å²) in [5.74, 6) is -1.89. The van der Waals surface area contributed by atoms with Crippen molar-refractivity contribution < 1.29 is 29.3 Å². The number of carbonyl (C=O) groups is 3. The van der Waals surface area contributed by atoms with Gasteiger partial charge in [0.25, 0.3) is 0 Å². The van der Waals surface area contributed by atoms with Gasteiger partial charge in [-0.15, -0.1) is 0 Å². The van der Waals surface area contributed by atoms with Crippen molar-refractivity contribution in [3.05, 3.63) is 29.7 Å². The Morgan fingerprint density at radius 2 is 1.88 bits per heavy atom. The second-order valence-electron chi connectivity index (χ2n) is 5.70. The molecule has 0 saturated heterocycles.